The molecule has 0 aliphatic rings. The number of nitrogens with two attached hydrogens (primary N) is 1. The van der Waals surface area contributed by atoms with Crippen LogP contribution >= 0.6 is 0 Å². The van der Waals surface area contributed by atoms with Crippen LogP contribution in [0.25, 0.3) is 0 Å². The second-order valence-electron chi connectivity index (χ2n) is 4.11. The number of aromatic nitrogens is 3. The third-order valence-electron chi connectivity index (χ3n) is 2.17. The van der Waals surface area contributed by atoms with Gasteiger partial charge in [-0.05, 0) is 20.8 Å². The zero-order chi connectivity index (χ0) is 13.8. The third kappa shape index (κ3) is 3.44. The van der Waals surface area contributed by atoms with E-state index in [0.29, 0.717) is 12.5 Å². The quantitative estimate of drug-likeness (QED) is 0.653. The smallest absolute Gasteiger partial charge is 0.322 e. The highest BCUT2D eigenvalue weighted by Crippen LogP contribution is 2.15. The molecule has 0 spiro atoms. The standard InChI is InChI=1S/C10H18N6O2/c1-5-12-7-13-8(15-9(14-7)18-4)16-10(2,3)6(11)17/h5H2,1-4H3,(H2,11,17)(H2,12,13,14,15,16). The zero-order valence-electron chi connectivity index (χ0n) is 10.9. The molecule has 18 heavy (non-hydrogen) atoms. The molecule has 0 radical (unpaired) electrons. The van der Waals surface area contributed by atoms with E-state index in [4.69, 9.17) is 10.5 Å². The molecule has 1 aromatic rings. The van der Waals surface area contributed by atoms with Gasteiger partial charge in [-0.25, -0.2) is 0 Å². The average molecular weight is 254 g/mol. The van der Waals surface area contributed by atoms with Gasteiger partial charge in [-0.15, -0.1) is 0 Å². The van der Waals surface area contributed by atoms with Crippen molar-refractivity contribution in [3.8, 4) is 6.01 Å². The highest BCUT2D eigenvalue weighted by molar-refractivity contribution is 5.86. The molecule has 0 bridgehead atoms. The molecule has 0 aromatic carbocycles. The normalized spacial score (nSPS) is 10.9. The molecule has 0 atom stereocenters. The number of ether oxygens (including phenoxy) is 1. The predicted octanol–water partition coefficient (Wildman–Crippen LogP) is -0.0122. The molecule has 0 aliphatic carbocycles. The molecule has 0 fully saturated rings. The number of hydrogen-bond acceptors (Lipinski definition) is 7. The van der Waals surface area contributed by atoms with E-state index >= 15 is 0 Å². The Hall–Kier alpha value is -2.12. The fourth-order valence-electron chi connectivity index (χ4n) is 1.08. The van der Waals surface area contributed by atoms with Crippen molar-refractivity contribution in [3.63, 3.8) is 0 Å². The van der Waals surface area contributed by atoms with Crippen molar-refractivity contribution in [2.24, 2.45) is 5.73 Å². The highest BCUT2D eigenvalue weighted by Gasteiger charge is 2.26. The molecule has 0 saturated heterocycles. The van der Waals surface area contributed by atoms with Gasteiger partial charge in [-0.2, -0.15) is 15.0 Å². The van der Waals surface area contributed by atoms with E-state index in [0.717, 1.165) is 0 Å². The Morgan fingerprint density at radius 3 is 2.44 bits per heavy atom. The molecule has 8 nitrogen and oxygen atoms in total. The summed E-state index contributed by atoms with van der Waals surface area (Å²) in [6.45, 7) is 5.85. The first-order valence-electron chi connectivity index (χ1n) is 5.51. The lowest BCUT2D eigenvalue weighted by Crippen LogP contribution is -2.45. The summed E-state index contributed by atoms with van der Waals surface area (Å²) in [7, 11) is 1.45. The van der Waals surface area contributed by atoms with Crippen molar-refractivity contribution in [1.29, 1.82) is 0 Å². The van der Waals surface area contributed by atoms with Crippen LogP contribution in [-0.4, -0.2) is 40.1 Å². The Morgan fingerprint density at radius 1 is 1.33 bits per heavy atom. The Morgan fingerprint density at radius 2 is 1.94 bits per heavy atom. The number of amides is 1. The Labute approximate surface area is 105 Å². The number of carbonyl (C=O) groups excluding carboxylic acids is 1. The van der Waals surface area contributed by atoms with Crippen LogP contribution in [0.5, 0.6) is 6.01 Å². The van der Waals surface area contributed by atoms with E-state index in [1.54, 1.807) is 13.8 Å². The minimum Gasteiger partial charge on any atom is -0.467 e. The van der Waals surface area contributed by atoms with E-state index in [1.165, 1.54) is 7.11 Å². The molecule has 4 N–H and O–H groups in total. The molecule has 100 valence electrons. The summed E-state index contributed by atoms with van der Waals surface area (Å²) in [4.78, 5) is 23.3. The number of methoxy groups -OCH3 is 1. The van der Waals surface area contributed by atoms with Gasteiger partial charge in [0.2, 0.25) is 17.8 Å². The molecule has 1 rings (SSSR count). The van der Waals surface area contributed by atoms with Crippen LogP contribution in [-0.2, 0) is 4.79 Å². The van der Waals surface area contributed by atoms with Gasteiger partial charge in [0, 0.05) is 6.54 Å². The summed E-state index contributed by atoms with van der Waals surface area (Å²) >= 11 is 0. The van der Waals surface area contributed by atoms with Crippen LogP contribution in [0.15, 0.2) is 0 Å². The van der Waals surface area contributed by atoms with Crippen LogP contribution in [0.1, 0.15) is 20.8 Å². The van der Waals surface area contributed by atoms with Crippen molar-refractivity contribution in [3.05, 3.63) is 0 Å². The summed E-state index contributed by atoms with van der Waals surface area (Å²) in [5.41, 5.74) is 4.30. The van der Waals surface area contributed by atoms with Crippen LogP contribution in [0.4, 0.5) is 11.9 Å². The van der Waals surface area contributed by atoms with Crippen molar-refractivity contribution in [1.82, 2.24) is 15.0 Å². The molecule has 0 unspecified atom stereocenters. The van der Waals surface area contributed by atoms with Crippen LogP contribution in [0.2, 0.25) is 0 Å². The van der Waals surface area contributed by atoms with Crippen LogP contribution < -0.4 is 21.1 Å². The van der Waals surface area contributed by atoms with Gasteiger partial charge in [-0.3, -0.25) is 4.79 Å². The molecule has 1 aromatic heterocycles. The lowest BCUT2D eigenvalue weighted by atomic mass is 10.1. The van der Waals surface area contributed by atoms with Gasteiger partial charge in [0.1, 0.15) is 5.54 Å². The summed E-state index contributed by atoms with van der Waals surface area (Å²) in [5, 5.41) is 5.77. The number of primary amides is 1. The number of carbonyl (C=O) groups is 1. The first-order valence-corrected chi connectivity index (χ1v) is 5.51. The maximum atomic E-state index is 11.2. The number of rotatable bonds is 6. The van der Waals surface area contributed by atoms with E-state index in [-0.39, 0.29) is 12.0 Å². The largest absolute Gasteiger partial charge is 0.467 e. The summed E-state index contributed by atoms with van der Waals surface area (Å²) in [6.07, 6.45) is 0. The van der Waals surface area contributed by atoms with Gasteiger partial charge in [0.25, 0.3) is 0 Å². The zero-order valence-corrected chi connectivity index (χ0v) is 10.9. The van der Waals surface area contributed by atoms with Gasteiger partial charge >= 0.3 is 6.01 Å². The van der Waals surface area contributed by atoms with Gasteiger partial charge in [-0.1, -0.05) is 0 Å². The average Bonchev–Trinajstić information content (AvgIpc) is 2.28. The lowest BCUT2D eigenvalue weighted by Gasteiger charge is -2.22. The fraction of sp³-hybridized carbons (Fsp3) is 0.600. The molecular formula is C10H18N6O2. The van der Waals surface area contributed by atoms with Crippen molar-refractivity contribution >= 4 is 17.8 Å². The van der Waals surface area contributed by atoms with Crippen LogP contribution in [0.3, 0.4) is 0 Å². The van der Waals surface area contributed by atoms with E-state index < -0.39 is 11.4 Å². The minimum atomic E-state index is -0.962. The van der Waals surface area contributed by atoms with E-state index in [9.17, 15) is 4.79 Å². The van der Waals surface area contributed by atoms with Crippen LogP contribution in [0, 0.1) is 0 Å². The summed E-state index contributed by atoms with van der Waals surface area (Å²) < 4.78 is 4.96. The van der Waals surface area contributed by atoms with Crippen molar-refractivity contribution in [2.75, 3.05) is 24.3 Å². The molecule has 1 heterocycles. The number of nitrogens with one attached hydrogen (secondary N) is 2. The topological polar surface area (TPSA) is 115 Å². The SMILES string of the molecule is CCNc1nc(NC(C)(C)C(N)=O)nc(OC)n1. The van der Waals surface area contributed by atoms with E-state index in [1.807, 2.05) is 6.92 Å². The number of nitrogens with zero attached hydrogens (tertiary/aromatic N) is 3. The van der Waals surface area contributed by atoms with Crippen molar-refractivity contribution < 1.29 is 9.53 Å². The maximum absolute atomic E-state index is 11.2. The molecule has 1 amide bonds. The Bertz CT molecular complexity index is 434. The number of hydrogen-bond donors (Lipinski definition) is 3. The van der Waals surface area contributed by atoms with Gasteiger partial charge in [0.05, 0.1) is 7.11 Å². The third-order valence-corrected chi connectivity index (χ3v) is 2.17. The van der Waals surface area contributed by atoms with E-state index in [2.05, 4.69) is 25.6 Å². The minimum absolute atomic E-state index is 0.156. The Kier molecular flexibility index (Phi) is 4.24. The molecule has 0 saturated carbocycles. The summed E-state index contributed by atoms with van der Waals surface area (Å²) in [5.74, 6) is 0.0839. The lowest BCUT2D eigenvalue weighted by molar-refractivity contribution is -0.121. The number of anilines is 2. The highest BCUT2D eigenvalue weighted by atomic mass is 16.5. The van der Waals surface area contributed by atoms with Gasteiger partial charge < -0.3 is 21.1 Å². The fourth-order valence-corrected chi connectivity index (χ4v) is 1.08. The van der Waals surface area contributed by atoms with Gasteiger partial charge in [0.15, 0.2) is 0 Å². The molecule has 0 aliphatic heterocycles. The second-order valence-corrected chi connectivity index (χ2v) is 4.11. The summed E-state index contributed by atoms with van der Waals surface area (Å²) in [6, 6.07) is 0.156. The predicted molar refractivity (Wildman–Crippen MR) is 67.4 cm³/mol. The Balaban J connectivity index is 3.01. The first kappa shape index (κ1) is 13.9. The molecule has 8 heteroatoms. The first-order chi connectivity index (χ1) is 8.39. The second kappa shape index (κ2) is 5.48. The monoisotopic (exact) mass is 254 g/mol. The molecular weight excluding hydrogens is 236 g/mol. The maximum Gasteiger partial charge on any atom is 0.322 e. The van der Waals surface area contributed by atoms with Crippen molar-refractivity contribution in [2.45, 2.75) is 26.3 Å².